The van der Waals surface area contributed by atoms with Gasteiger partial charge in [-0.15, -0.1) is 0 Å². The molecule has 14 heavy (non-hydrogen) atoms. The Morgan fingerprint density at radius 1 is 1.50 bits per heavy atom. The normalized spacial score (nSPS) is 9.86. The Morgan fingerprint density at radius 2 is 2.29 bits per heavy atom. The maximum atomic E-state index is 12.7. The molecule has 3 heteroatoms. The van der Waals surface area contributed by atoms with Crippen molar-refractivity contribution in [2.75, 3.05) is 13.2 Å². The van der Waals surface area contributed by atoms with Gasteiger partial charge in [-0.25, -0.2) is 4.39 Å². The first-order chi connectivity index (χ1) is 6.72. The van der Waals surface area contributed by atoms with Gasteiger partial charge < -0.3 is 10.5 Å². The fraction of sp³-hybridized carbons (Fsp3) is 0.273. The van der Waals surface area contributed by atoms with E-state index >= 15 is 0 Å². The van der Waals surface area contributed by atoms with Crippen LogP contribution in [0.5, 0.6) is 5.75 Å². The van der Waals surface area contributed by atoms with Crippen molar-refractivity contribution in [1.29, 1.82) is 0 Å². The molecule has 0 unspecified atom stereocenters. The van der Waals surface area contributed by atoms with Gasteiger partial charge in [0.05, 0.1) is 6.61 Å². The van der Waals surface area contributed by atoms with Crippen molar-refractivity contribution in [3.05, 3.63) is 42.2 Å². The van der Waals surface area contributed by atoms with Gasteiger partial charge in [-0.1, -0.05) is 18.2 Å². The molecule has 0 saturated carbocycles. The zero-order valence-electron chi connectivity index (χ0n) is 8.00. The van der Waals surface area contributed by atoms with Crippen LogP contribution in [0.3, 0.4) is 0 Å². The highest BCUT2D eigenvalue weighted by molar-refractivity contribution is 5.22. The van der Waals surface area contributed by atoms with Crippen LogP contribution in [0.1, 0.15) is 6.42 Å². The molecule has 0 spiro atoms. The summed E-state index contributed by atoms with van der Waals surface area (Å²) >= 11 is 0. The number of rotatable bonds is 5. The predicted molar refractivity (Wildman–Crippen MR) is 54.7 cm³/mol. The van der Waals surface area contributed by atoms with Gasteiger partial charge in [-0.2, -0.15) is 0 Å². The smallest absolute Gasteiger partial charge is 0.126 e. The summed E-state index contributed by atoms with van der Waals surface area (Å²) in [5.74, 6) is 0.245. The average molecular weight is 195 g/mol. The van der Waals surface area contributed by atoms with Crippen LogP contribution in [0.15, 0.2) is 36.4 Å². The maximum Gasteiger partial charge on any atom is 0.126 e. The van der Waals surface area contributed by atoms with E-state index in [1.165, 1.54) is 12.1 Å². The van der Waals surface area contributed by atoms with Gasteiger partial charge in [0.2, 0.25) is 0 Å². The Bertz CT molecular complexity index is 312. The molecular formula is C11H14FNO. The Balaban J connectivity index is 2.35. The van der Waals surface area contributed by atoms with Gasteiger partial charge in [0.25, 0.3) is 0 Å². The fourth-order valence-corrected chi connectivity index (χ4v) is 0.972. The second-order valence-corrected chi connectivity index (χ2v) is 3.01. The number of hydrogen-bond acceptors (Lipinski definition) is 2. The largest absolute Gasteiger partial charge is 0.493 e. The minimum atomic E-state index is -0.292. The molecule has 0 aliphatic rings. The van der Waals surface area contributed by atoms with E-state index in [0.29, 0.717) is 25.3 Å². The van der Waals surface area contributed by atoms with Crippen molar-refractivity contribution in [2.45, 2.75) is 6.42 Å². The average Bonchev–Trinajstić information content (AvgIpc) is 2.17. The summed E-state index contributed by atoms with van der Waals surface area (Å²) in [4.78, 5) is 0. The molecule has 0 heterocycles. The Labute approximate surface area is 83.2 Å². The molecule has 0 aliphatic heterocycles. The summed E-state index contributed by atoms with van der Waals surface area (Å²) < 4.78 is 18.0. The fourth-order valence-electron chi connectivity index (χ4n) is 0.972. The van der Waals surface area contributed by atoms with Crippen molar-refractivity contribution < 1.29 is 9.13 Å². The molecule has 0 atom stereocenters. The third kappa shape index (κ3) is 3.58. The first-order valence-corrected chi connectivity index (χ1v) is 4.47. The van der Waals surface area contributed by atoms with Crippen LogP contribution in [0, 0.1) is 5.82 Å². The van der Waals surface area contributed by atoms with Gasteiger partial charge in [-0.3, -0.25) is 0 Å². The molecule has 1 aromatic carbocycles. The molecule has 2 nitrogen and oxygen atoms in total. The minimum Gasteiger partial charge on any atom is -0.493 e. The van der Waals surface area contributed by atoms with Crippen LogP contribution in [-0.4, -0.2) is 13.2 Å². The van der Waals surface area contributed by atoms with Crippen LogP contribution in [0.4, 0.5) is 4.39 Å². The van der Waals surface area contributed by atoms with Gasteiger partial charge in [0.15, 0.2) is 0 Å². The first kappa shape index (κ1) is 10.7. The van der Waals surface area contributed by atoms with E-state index in [2.05, 4.69) is 6.58 Å². The molecule has 1 aromatic rings. The van der Waals surface area contributed by atoms with E-state index in [0.717, 1.165) is 5.57 Å². The molecule has 0 bridgehead atoms. The molecule has 0 fully saturated rings. The lowest BCUT2D eigenvalue weighted by atomic mass is 10.2. The van der Waals surface area contributed by atoms with Crippen LogP contribution >= 0.6 is 0 Å². The number of ether oxygens (including phenoxy) is 1. The Morgan fingerprint density at radius 3 is 2.93 bits per heavy atom. The maximum absolute atomic E-state index is 12.7. The Kier molecular flexibility index (Phi) is 4.13. The SMILES string of the molecule is C=C(CN)CCOc1cccc(F)c1. The number of nitrogens with two attached hydrogens (primary N) is 1. The molecular weight excluding hydrogens is 181 g/mol. The molecule has 0 saturated heterocycles. The second kappa shape index (κ2) is 5.40. The monoisotopic (exact) mass is 195 g/mol. The summed E-state index contributed by atoms with van der Waals surface area (Å²) in [5, 5.41) is 0. The van der Waals surface area contributed by atoms with Gasteiger partial charge in [-0.05, 0) is 12.1 Å². The summed E-state index contributed by atoms with van der Waals surface area (Å²) in [6.45, 7) is 4.69. The quantitative estimate of drug-likeness (QED) is 0.730. The predicted octanol–water partition coefficient (Wildman–Crippen LogP) is 2.11. The zero-order valence-corrected chi connectivity index (χ0v) is 8.00. The van der Waals surface area contributed by atoms with E-state index in [1.54, 1.807) is 12.1 Å². The summed E-state index contributed by atoms with van der Waals surface area (Å²) in [7, 11) is 0. The highest BCUT2D eigenvalue weighted by Crippen LogP contribution is 2.12. The van der Waals surface area contributed by atoms with Crippen molar-refractivity contribution in [3.8, 4) is 5.75 Å². The lowest BCUT2D eigenvalue weighted by Crippen LogP contribution is -2.06. The molecule has 2 N–H and O–H groups in total. The summed E-state index contributed by atoms with van der Waals surface area (Å²) in [6, 6.07) is 6.06. The molecule has 0 aromatic heterocycles. The van der Waals surface area contributed by atoms with E-state index in [-0.39, 0.29) is 5.82 Å². The van der Waals surface area contributed by atoms with Gasteiger partial charge in [0.1, 0.15) is 11.6 Å². The standard InChI is InChI=1S/C11H14FNO/c1-9(8-13)5-6-14-11-4-2-3-10(12)7-11/h2-4,7H,1,5-6,8,13H2. The van der Waals surface area contributed by atoms with E-state index in [9.17, 15) is 4.39 Å². The van der Waals surface area contributed by atoms with Crippen molar-refractivity contribution >= 4 is 0 Å². The number of halogens is 1. The van der Waals surface area contributed by atoms with Crippen molar-refractivity contribution in [1.82, 2.24) is 0 Å². The van der Waals surface area contributed by atoms with Gasteiger partial charge in [0, 0.05) is 19.0 Å². The summed E-state index contributed by atoms with van der Waals surface area (Å²) in [5.41, 5.74) is 6.29. The second-order valence-electron chi connectivity index (χ2n) is 3.01. The highest BCUT2D eigenvalue weighted by atomic mass is 19.1. The van der Waals surface area contributed by atoms with E-state index in [4.69, 9.17) is 10.5 Å². The highest BCUT2D eigenvalue weighted by Gasteiger charge is 1.96. The lowest BCUT2D eigenvalue weighted by molar-refractivity contribution is 0.319. The molecule has 0 amide bonds. The van der Waals surface area contributed by atoms with Crippen molar-refractivity contribution in [3.63, 3.8) is 0 Å². The zero-order chi connectivity index (χ0) is 10.4. The van der Waals surface area contributed by atoms with Crippen LogP contribution in [-0.2, 0) is 0 Å². The van der Waals surface area contributed by atoms with Gasteiger partial charge >= 0.3 is 0 Å². The number of benzene rings is 1. The van der Waals surface area contributed by atoms with E-state index < -0.39 is 0 Å². The Hall–Kier alpha value is -1.35. The van der Waals surface area contributed by atoms with Crippen LogP contribution < -0.4 is 10.5 Å². The van der Waals surface area contributed by atoms with E-state index in [1.807, 2.05) is 0 Å². The van der Waals surface area contributed by atoms with Crippen molar-refractivity contribution in [2.24, 2.45) is 5.73 Å². The minimum absolute atomic E-state index is 0.292. The first-order valence-electron chi connectivity index (χ1n) is 4.47. The van der Waals surface area contributed by atoms with Crippen LogP contribution in [0.25, 0.3) is 0 Å². The third-order valence-electron chi connectivity index (χ3n) is 1.81. The molecule has 76 valence electrons. The third-order valence-corrected chi connectivity index (χ3v) is 1.81. The molecule has 1 rings (SSSR count). The number of hydrogen-bond donors (Lipinski definition) is 1. The molecule has 0 radical (unpaired) electrons. The van der Waals surface area contributed by atoms with Crippen LogP contribution in [0.2, 0.25) is 0 Å². The summed E-state index contributed by atoms with van der Waals surface area (Å²) in [6.07, 6.45) is 0.701. The molecule has 0 aliphatic carbocycles. The lowest BCUT2D eigenvalue weighted by Gasteiger charge is -2.06. The topological polar surface area (TPSA) is 35.2 Å².